The molecule has 0 bridgehead atoms. The van der Waals surface area contributed by atoms with E-state index in [1.54, 1.807) is 6.20 Å². The molecule has 1 saturated heterocycles. The Balaban J connectivity index is 2.06. The largest absolute Gasteiger partial charge is 0.303 e. The molecule has 1 unspecified atom stereocenters. The van der Waals surface area contributed by atoms with E-state index in [0.29, 0.717) is 5.13 Å². The molecule has 1 aromatic rings. The highest BCUT2D eigenvalue weighted by Gasteiger charge is 2.39. The van der Waals surface area contributed by atoms with Gasteiger partial charge >= 0.3 is 0 Å². The Bertz CT molecular complexity index is 330. The third kappa shape index (κ3) is 2.03. The van der Waals surface area contributed by atoms with E-state index in [4.69, 9.17) is 0 Å². The van der Waals surface area contributed by atoms with Gasteiger partial charge in [0.2, 0.25) is 5.91 Å². The number of thiazole rings is 1. The van der Waals surface area contributed by atoms with E-state index in [1.807, 2.05) is 12.3 Å². The molecule has 1 atom stereocenters. The fraction of sp³-hybridized carbons (Fsp3) is 0.600. The van der Waals surface area contributed by atoms with Gasteiger partial charge in [-0.1, -0.05) is 6.92 Å². The van der Waals surface area contributed by atoms with Gasteiger partial charge < -0.3 is 10.6 Å². The van der Waals surface area contributed by atoms with Gasteiger partial charge in [0.25, 0.3) is 0 Å². The number of rotatable bonds is 3. The van der Waals surface area contributed by atoms with Crippen LogP contribution in [0.5, 0.6) is 0 Å². The average Bonchev–Trinajstić information content (AvgIpc) is 2.87. The molecule has 1 aliphatic heterocycles. The predicted molar refractivity (Wildman–Crippen MR) is 61.0 cm³/mol. The first kappa shape index (κ1) is 10.6. The van der Waals surface area contributed by atoms with E-state index in [-0.39, 0.29) is 11.4 Å². The fourth-order valence-corrected chi connectivity index (χ4v) is 2.49. The van der Waals surface area contributed by atoms with E-state index >= 15 is 0 Å². The van der Waals surface area contributed by atoms with Crippen molar-refractivity contribution in [2.45, 2.75) is 31.7 Å². The second kappa shape index (κ2) is 4.28. The molecule has 15 heavy (non-hydrogen) atoms. The summed E-state index contributed by atoms with van der Waals surface area (Å²) in [6.45, 7) is 2.97. The van der Waals surface area contributed by atoms with Gasteiger partial charge in [0.1, 0.15) is 0 Å². The molecule has 2 heterocycles. The van der Waals surface area contributed by atoms with Crippen LogP contribution in [0.25, 0.3) is 0 Å². The average molecular weight is 225 g/mol. The van der Waals surface area contributed by atoms with Crippen molar-refractivity contribution in [2.75, 3.05) is 11.9 Å². The fourth-order valence-electron chi connectivity index (χ4n) is 1.96. The van der Waals surface area contributed by atoms with E-state index in [1.165, 1.54) is 11.3 Å². The Morgan fingerprint density at radius 2 is 2.67 bits per heavy atom. The summed E-state index contributed by atoms with van der Waals surface area (Å²) in [5.41, 5.74) is -0.369. The van der Waals surface area contributed by atoms with Crippen molar-refractivity contribution in [3.63, 3.8) is 0 Å². The van der Waals surface area contributed by atoms with Crippen molar-refractivity contribution in [3.05, 3.63) is 11.6 Å². The number of aromatic nitrogens is 1. The van der Waals surface area contributed by atoms with E-state index in [0.717, 1.165) is 25.8 Å². The SMILES string of the molecule is CCC1(C(=O)Nc2nccs2)CCCN1. The first-order valence-electron chi connectivity index (χ1n) is 5.23. The van der Waals surface area contributed by atoms with Gasteiger partial charge in [-0.3, -0.25) is 4.79 Å². The van der Waals surface area contributed by atoms with Crippen LogP contribution in [0.4, 0.5) is 5.13 Å². The number of amides is 1. The number of hydrogen-bond acceptors (Lipinski definition) is 4. The first-order valence-corrected chi connectivity index (χ1v) is 6.11. The highest BCUT2D eigenvalue weighted by atomic mass is 32.1. The lowest BCUT2D eigenvalue weighted by Gasteiger charge is -2.25. The molecule has 1 amide bonds. The molecule has 0 saturated carbocycles. The van der Waals surface area contributed by atoms with Gasteiger partial charge in [-0.2, -0.15) is 0 Å². The molecule has 2 rings (SSSR count). The van der Waals surface area contributed by atoms with Gasteiger partial charge in [-0.25, -0.2) is 4.98 Å². The normalized spacial score (nSPS) is 25.4. The van der Waals surface area contributed by atoms with Crippen LogP contribution in [0.2, 0.25) is 0 Å². The van der Waals surface area contributed by atoms with Gasteiger partial charge in [-0.05, 0) is 25.8 Å². The summed E-state index contributed by atoms with van der Waals surface area (Å²) in [6.07, 6.45) is 4.50. The number of carbonyl (C=O) groups is 1. The Morgan fingerprint density at radius 1 is 1.80 bits per heavy atom. The molecule has 4 nitrogen and oxygen atoms in total. The quantitative estimate of drug-likeness (QED) is 0.821. The van der Waals surface area contributed by atoms with Crippen molar-refractivity contribution in [1.29, 1.82) is 0 Å². The maximum atomic E-state index is 12.1. The Kier molecular flexibility index (Phi) is 3.02. The van der Waals surface area contributed by atoms with Crippen LogP contribution >= 0.6 is 11.3 Å². The summed E-state index contributed by atoms with van der Waals surface area (Å²) in [4.78, 5) is 16.1. The predicted octanol–water partition coefficient (Wildman–Crippen LogP) is 1.61. The van der Waals surface area contributed by atoms with Crippen LogP contribution in [0.15, 0.2) is 11.6 Å². The van der Waals surface area contributed by atoms with Crippen LogP contribution < -0.4 is 10.6 Å². The number of carbonyl (C=O) groups excluding carboxylic acids is 1. The lowest BCUT2D eigenvalue weighted by molar-refractivity contribution is -0.122. The van der Waals surface area contributed by atoms with Crippen molar-refractivity contribution >= 4 is 22.4 Å². The molecular formula is C10H15N3OS. The molecule has 0 aliphatic carbocycles. The summed E-state index contributed by atoms with van der Waals surface area (Å²) < 4.78 is 0. The molecule has 82 valence electrons. The highest BCUT2D eigenvalue weighted by molar-refractivity contribution is 7.13. The first-order chi connectivity index (χ1) is 7.27. The molecular weight excluding hydrogens is 210 g/mol. The monoisotopic (exact) mass is 225 g/mol. The van der Waals surface area contributed by atoms with Crippen molar-refractivity contribution < 1.29 is 4.79 Å². The summed E-state index contributed by atoms with van der Waals surface area (Å²) in [7, 11) is 0. The standard InChI is InChI=1S/C10H15N3OS/c1-2-10(4-3-5-12-10)8(14)13-9-11-6-7-15-9/h6-7,12H,2-5H2,1H3,(H,11,13,14). The Labute approximate surface area is 93.1 Å². The van der Waals surface area contributed by atoms with Crippen LogP contribution in [-0.4, -0.2) is 23.0 Å². The van der Waals surface area contributed by atoms with E-state index < -0.39 is 0 Å². The van der Waals surface area contributed by atoms with Gasteiger partial charge in [-0.15, -0.1) is 11.3 Å². The second-order valence-electron chi connectivity index (χ2n) is 3.76. The molecule has 0 aromatic carbocycles. The van der Waals surface area contributed by atoms with Crippen LogP contribution in [0, 0.1) is 0 Å². The molecule has 1 aromatic heterocycles. The second-order valence-corrected chi connectivity index (χ2v) is 4.65. The summed E-state index contributed by atoms with van der Waals surface area (Å²) in [6, 6.07) is 0. The zero-order valence-electron chi connectivity index (χ0n) is 8.75. The highest BCUT2D eigenvalue weighted by Crippen LogP contribution is 2.25. The number of anilines is 1. The minimum absolute atomic E-state index is 0.0532. The summed E-state index contributed by atoms with van der Waals surface area (Å²) in [5, 5.41) is 8.70. The Hall–Kier alpha value is -0.940. The topological polar surface area (TPSA) is 54.0 Å². The molecule has 0 radical (unpaired) electrons. The molecule has 2 N–H and O–H groups in total. The summed E-state index contributed by atoms with van der Waals surface area (Å²) in [5.74, 6) is 0.0532. The molecule has 0 spiro atoms. The van der Waals surface area contributed by atoms with Crippen molar-refractivity contribution in [2.24, 2.45) is 0 Å². The van der Waals surface area contributed by atoms with Crippen LogP contribution in [-0.2, 0) is 4.79 Å². The lowest BCUT2D eigenvalue weighted by Crippen LogP contribution is -2.50. The van der Waals surface area contributed by atoms with Gasteiger partial charge in [0.05, 0.1) is 5.54 Å². The Morgan fingerprint density at radius 3 is 3.20 bits per heavy atom. The van der Waals surface area contributed by atoms with Crippen molar-refractivity contribution in [1.82, 2.24) is 10.3 Å². The zero-order valence-corrected chi connectivity index (χ0v) is 9.56. The number of hydrogen-bond donors (Lipinski definition) is 2. The minimum atomic E-state index is -0.369. The maximum absolute atomic E-state index is 12.1. The van der Waals surface area contributed by atoms with Gasteiger partial charge in [0.15, 0.2) is 5.13 Å². The third-order valence-electron chi connectivity index (χ3n) is 2.93. The smallest absolute Gasteiger partial charge is 0.246 e. The van der Waals surface area contributed by atoms with Crippen LogP contribution in [0.3, 0.4) is 0 Å². The number of nitrogens with zero attached hydrogens (tertiary/aromatic N) is 1. The number of nitrogens with one attached hydrogen (secondary N) is 2. The molecule has 1 fully saturated rings. The molecule has 5 heteroatoms. The minimum Gasteiger partial charge on any atom is -0.303 e. The van der Waals surface area contributed by atoms with Crippen LogP contribution in [0.1, 0.15) is 26.2 Å². The molecule has 1 aliphatic rings. The van der Waals surface area contributed by atoms with Crippen molar-refractivity contribution in [3.8, 4) is 0 Å². The summed E-state index contributed by atoms with van der Waals surface area (Å²) >= 11 is 1.45. The third-order valence-corrected chi connectivity index (χ3v) is 3.62. The zero-order chi connectivity index (χ0) is 10.7. The van der Waals surface area contributed by atoms with E-state index in [2.05, 4.69) is 15.6 Å². The lowest BCUT2D eigenvalue weighted by atomic mass is 9.93. The maximum Gasteiger partial charge on any atom is 0.246 e. The van der Waals surface area contributed by atoms with Gasteiger partial charge in [0, 0.05) is 11.6 Å². The van der Waals surface area contributed by atoms with E-state index in [9.17, 15) is 4.79 Å².